The number of carbonyl (C=O) groups is 2. The van der Waals surface area contributed by atoms with Crippen LogP contribution in [0.4, 0.5) is 5.69 Å². The summed E-state index contributed by atoms with van der Waals surface area (Å²) < 4.78 is 7.03. The van der Waals surface area contributed by atoms with Gasteiger partial charge in [0.2, 0.25) is 5.88 Å². The number of carbonyl (C=O) groups excluding carboxylic acids is 2. The van der Waals surface area contributed by atoms with Gasteiger partial charge in [-0.3, -0.25) is 9.59 Å². The zero-order valence-electron chi connectivity index (χ0n) is 21.0. The number of nitrogens with one attached hydrogen (secondary N) is 1. The number of rotatable bonds is 6. The van der Waals surface area contributed by atoms with E-state index in [9.17, 15) is 9.59 Å². The Balaban J connectivity index is 1.48. The minimum atomic E-state index is -0.346. The average molecular weight is 551 g/mol. The molecule has 0 bridgehead atoms. The molecule has 1 aliphatic heterocycles. The van der Waals surface area contributed by atoms with Crippen molar-refractivity contribution in [2.75, 3.05) is 26.0 Å². The van der Waals surface area contributed by atoms with Crippen LogP contribution < -0.4 is 10.1 Å². The molecule has 0 spiro atoms. The van der Waals surface area contributed by atoms with Gasteiger partial charge in [0.1, 0.15) is 0 Å². The molecule has 0 radical (unpaired) electrons. The van der Waals surface area contributed by atoms with E-state index < -0.39 is 0 Å². The zero-order valence-corrected chi connectivity index (χ0v) is 22.5. The van der Waals surface area contributed by atoms with Crippen LogP contribution >= 0.6 is 23.2 Å². The summed E-state index contributed by atoms with van der Waals surface area (Å²) in [7, 11) is 5.30. The highest BCUT2D eigenvalue weighted by atomic mass is 35.5. The summed E-state index contributed by atoms with van der Waals surface area (Å²) >= 11 is 13.6. The van der Waals surface area contributed by atoms with Crippen LogP contribution in [-0.2, 0) is 20.0 Å². The third-order valence-electron chi connectivity index (χ3n) is 6.53. The number of fused-ring (bicyclic) bond motifs is 1. The van der Waals surface area contributed by atoms with Crippen LogP contribution in [0, 0.1) is 0 Å². The van der Waals surface area contributed by atoms with Crippen molar-refractivity contribution in [3.8, 4) is 28.3 Å². The lowest BCUT2D eigenvalue weighted by molar-refractivity contribution is 0.101. The van der Waals surface area contributed by atoms with Gasteiger partial charge in [0, 0.05) is 48.9 Å². The molecular formula is C27H24Cl2N6O3. The number of benzene rings is 2. The molecule has 0 unspecified atom stereocenters. The molecule has 1 aliphatic rings. The molecule has 11 heteroatoms. The van der Waals surface area contributed by atoms with E-state index >= 15 is 0 Å². The van der Waals surface area contributed by atoms with Crippen molar-refractivity contribution in [3.05, 3.63) is 75.5 Å². The highest BCUT2D eigenvalue weighted by Crippen LogP contribution is 2.41. The number of ether oxygens (including phenoxy) is 1. The van der Waals surface area contributed by atoms with Gasteiger partial charge < -0.3 is 19.5 Å². The molecule has 0 saturated carbocycles. The number of methoxy groups -OCH3 is 1. The van der Waals surface area contributed by atoms with Crippen LogP contribution in [0.3, 0.4) is 0 Å². The molecule has 2 aromatic carbocycles. The van der Waals surface area contributed by atoms with E-state index in [1.54, 1.807) is 18.2 Å². The molecule has 1 N–H and O–H groups in total. The van der Waals surface area contributed by atoms with Crippen LogP contribution in [0.2, 0.25) is 10.0 Å². The Labute approximate surface area is 229 Å². The van der Waals surface area contributed by atoms with Gasteiger partial charge in [-0.25, -0.2) is 15.0 Å². The van der Waals surface area contributed by atoms with E-state index in [0.717, 1.165) is 24.4 Å². The van der Waals surface area contributed by atoms with E-state index in [2.05, 4.69) is 25.2 Å². The number of hydrogen-bond acceptors (Lipinski definition) is 7. The highest BCUT2D eigenvalue weighted by molar-refractivity contribution is 6.39. The molecular weight excluding hydrogens is 527 g/mol. The van der Waals surface area contributed by atoms with Crippen molar-refractivity contribution in [2.24, 2.45) is 7.05 Å². The van der Waals surface area contributed by atoms with Crippen molar-refractivity contribution in [2.45, 2.75) is 13.0 Å². The molecule has 1 amide bonds. The molecule has 38 heavy (non-hydrogen) atoms. The van der Waals surface area contributed by atoms with E-state index in [4.69, 9.17) is 27.9 Å². The van der Waals surface area contributed by atoms with Crippen molar-refractivity contribution in [3.63, 3.8) is 0 Å². The molecule has 0 fully saturated rings. The Bertz CT molecular complexity index is 1570. The van der Waals surface area contributed by atoms with Crippen LogP contribution in [0.15, 0.2) is 42.6 Å². The van der Waals surface area contributed by atoms with Crippen molar-refractivity contribution in [1.82, 2.24) is 24.4 Å². The first kappa shape index (κ1) is 25.8. The molecule has 0 atom stereocenters. The third-order valence-corrected chi connectivity index (χ3v) is 7.35. The fourth-order valence-corrected chi connectivity index (χ4v) is 5.16. The quantitative estimate of drug-likeness (QED) is 0.340. The van der Waals surface area contributed by atoms with Gasteiger partial charge in [0.05, 0.1) is 40.4 Å². The Kier molecular flexibility index (Phi) is 7.16. The fraction of sp³-hybridized carbons (Fsp3) is 0.222. The summed E-state index contributed by atoms with van der Waals surface area (Å²) in [5, 5.41) is 3.62. The number of amides is 1. The lowest BCUT2D eigenvalue weighted by atomic mass is 10.0. The molecule has 0 saturated heterocycles. The summed E-state index contributed by atoms with van der Waals surface area (Å²) in [4.78, 5) is 39.7. The lowest BCUT2D eigenvalue weighted by Crippen LogP contribution is -2.27. The summed E-state index contributed by atoms with van der Waals surface area (Å²) in [5.41, 5.74) is 4.79. The van der Waals surface area contributed by atoms with Crippen molar-refractivity contribution >= 4 is 41.1 Å². The molecule has 0 aliphatic carbocycles. The molecule has 5 rings (SSSR count). The first-order chi connectivity index (χ1) is 18.3. The van der Waals surface area contributed by atoms with Crippen LogP contribution in [-0.4, -0.2) is 57.3 Å². The SMILES string of the molecule is COc1nc(-c2cccc(-c3cccc(NC(=O)c4nc5c(n4C)CCN(C)C5)c3Cl)c2Cl)cnc1C=O. The van der Waals surface area contributed by atoms with Crippen LogP contribution in [0.5, 0.6) is 5.88 Å². The number of hydrogen-bond donors (Lipinski definition) is 1. The second-order valence-corrected chi connectivity index (χ2v) is 9.69. The zero-order chi connectivity index (χ0) is 27.0. The maximum absolute atomic E-state index is 13.2. The van der Waals surface area contributed by atoms with Gasteiger partial charge in [-0.2, -0.15) is 0 Å². The summed E-state index contributed by atoms with van der Waals surface area (Å²) in [6.07, 6.45) is 2.87. The number of likely N-dealkylation sites (N-methyl/N-ethyl adjacent to an activating group) is 1. The minimum absolute atomic E-state index is 0.0931. The highest BCUT2D eigenvalue weighted by Gasteiger charge is 2.25. The van der Waals surface area contributed by atoms with E-state index in [1.807, 2.05) is 36.9 Å². The third kappa shape index (κ3) is 4.64. The number of halogens is 2. The van der Waals surface area contributed by atoms with Gasteiger partial charge in [0.15, 0.2) is 17.8 Å². The van der Waals surface area contributed by atoms with Gasteiger partial charge >= 0.3 is 0 Å². The van der Waals surface area contributed by atoms with Gasteiger partial charge in [-0.15, -0.1) is 0 Å². The average Bonchev–Trinajstić information content (AvgIpc) is 3.25. The number of anilines is 1. The number of aldehydes is 1. The first-order valence-electron chi connectivity index (χ1n) is 11.8. The van der Waals surface area contributed by atoms with Gasteiger partial charge in [-0.1, -0.05) is 53.5 Å². The Morgan fingerprint density at radius 2 is 1.76 bits per heavy atom. The first-order valence-corrected chi connectivity index (χ1v) is 12.6. The standard InChI is InChI=1S/C27H24Cl2N6O3/c1-34-11-10-22-20(13-34)31-25(35(22)2)26(37)32-18-9-5-7-16(24(18)29)15-6-4-8-17(23(15)28)19-12-30-21(14-36)27(33-19)38-3/h4-9,12,14H,10-11,13H2,1-3H3,(H,32,37). The summed E-state index contributed by atoms with van der Waals surface area (Å²) in [6, 6.07) is 10.8. The molecule has 4 aromatic rings. The number of nitrogens with zero attached hydrogens (tertiary/aromatic N) is 5. The molecule has 2 aromatic heterocycles. The second-order valence-electron chi connectivity index (χ2n) is 8.93. The molecule has 9 nitrogen and oxygen atoms in total. The summed E-state index contributed by atoms with van der Waals surface area (Å²) in [6.45, 7) is 1.62. The molecule has 194 valence electrons. The van der Waals surface area contributed by atoms with Gasteiger partial charge in [0.25, 0.3) is 5.91 Å². The van der Waals surface area contributed by atoms with Gasteiger partial charge in [-0.05, 0) is 13.1 Å². The summed E-state index contributed by atoms with van der Waals surface area (Å²) in [5.74, 6) is 0.0866. The predicted octanol–water partition coefficient (Wildman–Crippen LogP) is 4.91. The van der Waals surface area contributed by atoms with Crippen LogP contribution in [0.1, 0.15) is 32.5 Å². The lowest BCUT2D eigenvalue weighted by Gasteiger charge is -2.21. The smallest absolute Gasteiger partial charge is 0.291 e. The number of aromatic nitrogens is 4. The van der Waals surface area contributed by atoms with E-state index in [-0.39, 0.29) is 17.5 Å². The largest absolute Gasteiger partial charge is 0.479 e. The minimum Gasteiger partial charge on any atom is -0.479 e. The normalized spacial score (nSPS) is 13.2. The Morgan fingerprint density at radius 1 is 1.05 bits per heavy atom. The predicted molar refractivity (Wildman–Crippen MR) is 146 cm³/mol. The molecule has 3 heterocycles. The topological polar surface area (TPSA) is 102 Å². The maximum Gasteiger partial charge on any atom is 0.291 e. The second kappa shape index (κ2) is 10.5. The maximum atomic E-state index is 13.2. The van der Waals surface area contributed by atoms with Crippen LogP contribution in [0.25, 0.3) is 22.4 Å². The Morgan fingerprint density at radius 3 is 2.50 bits per heavy atom. The van der Waals surface area contributed by atoms with Crippen molar-refractivity contribution < 1.29 is 14.3 Å². The van der Waals surface area contributed by atoms with E-state index in [0.29, 0.717) is 56.8 Å². The van der Waals surface area contributed by atoms with E-state index in [1.165, 1.54) is 13.3 Å². The Hall–Kier alpha value is -3.79. The number of imidazole rings is 1. The fourth-order valence-electron chi connectivity index (χ4n) is 4.56. The van der Waals surface area contributed by atoms with Crippen molar-refractivity contribution in [1.29, 1.82) is 0 Å². The monoisotopic (exact) mass is 550 g/mol.